The van der Waals surface area contributed by atoms with Gasteiger partial charge in [-0.3, -0.25) is 9.97 Å². The molecule has 0 bridgehead atoms. The summed E-state index contributed by atoms with van der Waals surface area (Å²) in [6.07, 6.45) is 0. The van der Waals surface area contributed by atoms with Gasteiger partial charge in [0.1, 0.15) is 0 Å². The predicted octanol–water partition coefficient (Wildman–Crippen LogP) is 6.71. The van der Waals surface area contributed by atoms with E-state index < -0.39 is 0 Å². The van der Waals surface area contributed by atoms with Crippen LogP contribution in [0.2, 0.25) is 0 Å². The molecule has 0 spiro atoms. The first-order valence-corrected chi connectivity index (χ1v) is 9.60. The van der Waals surface area contributed by atoms with Gasteiger partial charge in [0.2, 0.25) is 0 Å². The highest BCUT2D eigenvalue weighted by molar-refractivity contribution is 5.73. The molecule has 2 aromatic carbocycles. The number of aromatic nitrogens is 2. The molecule has 2 aromatic heterocycles. The number of pyridine rings is 2. The van der Waals surface area contributed by atoms with Crippen molar-refractivity contribution in [3.05, 3.63) is 95.6 Å². The smallest absolute Gasteiger partial charge is 0.0382 e. The zero-order valence-electron chi connectivity index (χ0n) is 16.8. The third-order valence-electron chi connectivity index (χ3n) is 4.93. The number of benzene rings is 2. The Labute approximate surface area is 167 Å². The molecule has 2 heterocycles. The van der Waals surface area contributed by atoms with E-state index in [0.29, 0.717) is 0 Å². The van der Waals surface area contributed by atoms with Gasteiger partial charge in [-0.2, -0.15) is 0 Å². The molecule has 0 atom stereocenters. The van der Waals surface area contributed by atoms with Crippen LogP contribution in [-0.2, 0) is 0 Å². The molecule has 0 aliphatic rings. The molecule has 0 aliphatic carbocycles. The van der Waals surface area contributed by atoms with Gasteiger partial charge in [0, 0.05) is 22.8 Å². The Kier molecular flexibility index (Phi) is 4.79. The van der Waals surface area contributed by atoms with E-state index in [4.69, 9.17) is 0 Å². The highest BCUT2D eigenvalue weighted by Gasteiger charge is 2.04. The minimum Gasteiger partial charge on any atom is -0.258 e. The Balaban J connectivity index is 1.61. The number of nitrogens with zero attached hydrogens (tertiary/aromatic N) is 2. The first-order valence-electron chi connectivity index (χ1n) is 9.60. The summed E-state index contributed by atoms with van der Waals surface area (Å²) in [5, 5.41) is 0. The monoisotopic (exact) mass is 364 g/mol. The van der Waals surface area contributed by atoms with Gasteiger partial charge in [-0.25, -0.2) is 0 Å². The van der Waals surface area contributed by atoms with Crippen LogP contribution in [0.5, 0.6) is 0 Å². The Morgan fingerprint density at radius 1 is 0.357 bits per heavy atom. The van der Waals surface area contributed by atoms with Gasteiger partial charge >= 0.3 is 0 Å². The second kappa shape index (κ2) is 7.40. The lowest BCUT2D eigenvalue weighted by Crippen LogP contribution is -1.89. The summed E-state index contributed by atoms with van der Waals surface area (Å²) < 4.78 is 0. The molecule has 0 aliphatic heterocycles. The molecule has 0 fully saturated rings. The maximum absolute atomic E-state index is 4.46. The van der Waals surface area contributed by atoms with E-state index in [2.05, 4.69) is 82.8 Å². The standard InChI is InChI=1S/C26H24N2/c1-17-13-25(14-18(2)27-17)23-9-5-21(6-10-23)22-7-11-24(12-8-22)26-15-19(3)28-20(4)16-26/h5-16H,1-4H3. The van der Waals surface area contributed by atoms with Gasteiger partial charge in [0.15, 0.2) is 0 Å². The van der Waals surface area contributed by atoms with Crippen LogP contribution in [0.4, 0.5) is 0 Å². The van der Waals surface area contributed by atoms with E-state index in [1.54, 1.807) is 0 Å². The fourth-order valence-corrected chi connectivity index (χ4v) is 3.71. The summed E-state index contributed by atoms with van der Waals surface area (Å²) in [7, 11) is 0. The largest absolute Gasteiger partial charge is 0.258 e. The summed E-state index contributed by atoms with van der Waals surface area (Å²) in [5.41, 5.74) is 11.5. The van der Waals surface area contributed by atoms with Crippen LogP contribution in [0.25, 0.3) is 33.4 Å². The number of rotatable bonds is 3. The van der Waals surface area contributed by atoms with Crippen molar-refractivity contribution in [2.45, 2.75) is 27.7 Å². The molecule has 0 unspecified atom stereocenters. The zero-order valence-corrected chi connectivity index (χ0v) is 16.8. The van der Waals surface area contributed by atoms with Crippen LogP contribution in [0.1, 0.15) is 22.8 Å². The van der Waals surface area contributed by atoms with E-state index in [-0.39, 0.29) is 0 Å². The molecular weight excluding hydrogens is 340 g/mol. The Morgan fingerprint density at radius 2 is 0.571 bits per heavy atom. The van der Waals surface area contributed by atoms with Crippen molar-refractivity contribution in [1.29, 1.82) is 0 Å². The van der Waals surface area contributed by atoms with Gasteiger partial charge in [-0.15, -0.1) is 0 Å². The lowest BCUT2D eigenvalue weighted by molar-refractivity contribution is 1.12. The van der Waals surface area contributed by atoms with Crippen molar-refractivity contribution < 1.29 is 0 Å². The van der Waals surface area contributed by atoms with Crippen LogP contribution < -0.4 is 0 Å². The average Bonchev–Trinajstić information content (AvgIpc) is 2.67. The van der Waals surface area contributed by atoms with Gasteiger partial charge in [0.05, 0.1) is 0 Å². The molecule has 0 saturated carbocycles. The molecule has 4 rings (SSSR count). The highest BCUT2D eigenvalue weighted by Crippen LogP contribution is 2.28. The zero-order chi connectivity index (χ0) is 19.7. The molecule has 0 amide bonds. The molecule has 0 radical (unpaired) electrons. The Hall–Kier alpha value is -3.26. The van der Waals surface area contributed by atoms with Crippen molar-refractivity contribution >= 4 is 0 Å². The predicted molar refractivity (Wildman–Crippen MR) is 117 cm³/mol. The van der Waals surface area contributed by atoms with Crippen molar-refractivity contribution in [1.82, 2.24) is 9.97 Å². The number of aryl methyl sites for hydroxylation is 4. The molecule has 2 heteroatoms. The topological polar surface area (TPSA) is 25.8 Å². The van der Waals surface area contributed by atoms with Gasteiger partial charge in [0.25, 0.3) is 0 Å². The van der Waals surface area contributed by atoms with Crippen LogP contribution in [0, 0.1) is 27.7 Å². The van der Waals surface area contributed by atoms with Crippen molar-refractivity contribution in [3.63, 3.8) is 0 Å². The number of hydrogen-bond acceptors (Lipinski definition) is 2. The third-order valence-corrected chi connectivity index (χ3v) is 4.93. The first-order chi connectivity index (χ1) is 13.5. The molecule has 0 N–H and O–H groups in total. The highest BCUT2D eigenvalue weighted by atomic mass is 14.7. The van der Waals surface area contributed by atoms with E-state index >= 15 is 0 Å². The maximum Gasteiger partial charge on any atom is 0.0382 e. The summed E-state index contributed by atoms with van der Waals surface area (Å²) in [4.78, 5) is 8.93. The molecule has 4 aromatic rings. The molecule has 0 saturated heterocycles. The summed E-state index contributed by atoms with van der Waals surface area (Å²) >= 11 is 0. The van der Waals surface area contributed by atoms with Crippen molar-refractivity contribution in [2.24, 2.45) is 0 Å². The van der Waals surface area contributed by atoms with E-state index in [1.807, 2.05) is 27.7 Å². The lowest BCUT2D eigenvalue weighted by Gasteiger charge is -2.09. The second-order valence-corrected chi connectivity index (χ2v) is 7.43. The van der Waals surface area contributed by atoms with E-state index in [9.17, 15) is 0 Å². The van der Waals surface area contributed by atoms with Crippen LogP contribution >= 0.6 is 0 Å². The van der Waals surface area contributed by atoms with Gasteiger partial charge < -0.3 is 0 Å². The fourth-order valence-electron chi connectivity index (χ4n) is 3.71. The van der Waals surface area contributed by atoms with Crippen molar-refractivity contribution in [2.75, 3.05) is 0 Å². The molecule has 28 heavy (non-hydrogen) atoms. The molecular formula is C26H24N2. The van der Waals surface area contributed by atoms with Gasteiger partial charge in [-0.1, -0.05) is 48.5 Å². The normalized spacial score (nSPS) is 10.9. The fraction of sp³-hybridized carbons (Fsp3) is 0.154. The van der Waals surface area contributed by atoms with Crippen LogP contribution in [-0.4, -0.2) is 9.97 Å². The maximum atomic E-state index is 4.46. The summed E-state index contributed by atoms with van der Waals surface area (Å²) in [6, 6.07) is 26.1. The van der Waals surface area contributed by atoms with Gasteiger partial charge in [-0.05, 0) is 85.3 Å². The Bertz CT molecular complexity index is 991. The SMILES string of the molecule is Cc1cc(-c2ccc(-c3ccc(-c4cc(C)nc(C)c4)cc3)cc2)cc(C)n1. The van der Waals surface area contributed by atoms with Crippen LogP contribution in [0.15, 0.2) is 72.8 Å². The summed E-state index contributed by atoms with van der Waals surface area (Å²) in [5.74, 6) is 0. The average molecular weight is 364 g/mol. The number of hydrogen-bond donors (Lipinski definition) is 0. The Morgan fingerprint density at radius 3 is 0.821 bits per heavy atom. The van der Waals surface area contributed by atoms with E-state index in [0.717, 1.165) is 22.8 Å². The second-order valence-electron chi connectivity index (χ2n) is 7.43. The van der Waals surface area contributed by atoms with E-state index in [1.165, 1.54) is 33.4 Å². The third kappa shape index (κ3) is 3.86. The van der Waals surface area contributed by atoms with Crippen molar-refractivity contribution in [3.8, 4) is 33.4 Å². The molecule has 2 nitrogen and oxygen atoms in total. The minimum atomic E-state index is 1.05. The van der Waals surface area contributed by atoms with Crippen LogP contribution in [0.3, 0.4) is 0 Å². The quantitative estimate of drug-likeness (QED) is 0.404. The lowest BCUT2D eigenvalue weighted by atomic mass is 9.98. The first kappa shape index (κ1) is 18.1. The molecule has 138 valence electrons. The summed E-state index contributed by atoms with van der Waals surface area (Å²) in [6.45, 7) is 8.16. The minimum absolute atomic E-state index is 1.05.